The van der Waals surface area contributed by atoms with E-state index in [-0.39, 0.29) is 11.5 Å². The Morgan fingerprint density at radius 3 is 2.62 bits per heavy atom. The Morgan fingerprint density at radius 1 is 1.38 bits per heavy atom. The Balaban J connectivity index is 2.54. The van der Waals surface area contributed by atoms with E-state index in [1.54, 1.807) is 10.7 Å². The first-order valence-corrected chi connectivity index (χ1v) is 5.36. The second-order valence-corrected chi connectivity index (χ2v) is 5.11. The number of aromatic nitrogens is 4. The van der Waals surface area contributed by atoms with Crippen molar-refractivity contribution < 1.29 is 0 Å². The normalized spacial score (nSPS) is 14.3. The minimum absolute atomic E-state index is 0.0424. The zero-order valence-electron chi connectivity index (χ0n) is 10.1. The minimum Gasteiger partial charge on any atom is -0.324 e. The maximum atomic E-state index is 5.80. The van der Waals surface area contributed by atoms with E-state index in [1.165, 1.54) is 0 Å². The maximum absolute atomic E-state index is 5.80. The molecule has 1 unspecified atom stereocenters. The molecule has 2 aromatic rings. The lowest BCUT2D eigenvalue weighted by molar-refractivity contribution is 0.545. The summed E-state index contributed by atoms with van der Waals surface area (Å²) in [4.78, 5) is 8.63. The van der Waals surface area contributed by atoms with Gasteiger partial charge in [-0.15, -0.1) is 5.10 Å². The molecule has 5 heteroatoms. The molecule has 0 saturated carbocycles. The van der Waals surface area contributed by atoms with E-state index in [2.05, 4.69) is 35.8 Å². The molecule has 0 aliphatic rings. The molecule has 0 radical (unpaired) electrons. The lowest BCUT2D eigenvalue weighted by atomic mass is 9.96. The number of nitrogens with two attached hydrogens (primary N) is 1. The van der Waals surface area contributed by atoms with Gasteiger partial charge in [0.2, 0.25) is 0 Å². The summed E-state index contributed by atoms with van der Waals surface area (Å²) in [6.07, 6.45) is 3.64. The summed E-state index contributed by atoms with van der Waals surface area (Å²) >= 11 is 0. The smallest absolute Gasteiger partial charge is 0.252 e. The van der Waals surface area contributed by atoms with Crippen LogP contribution in [0.2, 0.25) is 0 Å². The van der Waals surface area contributed by atoms with Gasteiger partial charge in [0.1, 0.15) is 0 Å². The lowest BCUT2D eigenvalue weighted by Gasteiger charge is -2.11. The standard InChI is InChI=1S/C11H17N5/c1-7(12)8-5-13-10-14-9(11(2,3)4)15-16(10)6-8/h5-7H,12H2,1-4H3. The Morgan fingerprint density at radius 2 is 2.06 bits per heavy atom. The zero-order chi connectivity index (χ0) is 11.9. The van der Waals surface area contributed by atoms with Gasteiger partial charge in [-0.3, -0.25) is 0 Å². The van der Waals surface area contributed by atoms with Gasteiger partial charge in [0.25, 0.3) is 5.78 Å². The van der Waals surface area contributed by atoms with Gasteiger partial charge >= 0.3 is 0 Å². The van der Waals surface area contributed by atoms with E-state index in [1.807, 2.05) is 13.1 Å². The minimum atomic E-state index is -0.0673. The van der Waals surface area contributed by atoms with Gasteiger partial charge in [0, 0.05) is 29.4 Å². The van der Waals surface area contributed by atoms with Crippen molar-refractivity contribution >= 4 is 5.78 Å². The molecule has 2 heterocycles. The van der Waals surface area contributed by atoms with Crippen molar-refractivity contribution in [3.05, 3.63) is 23.8 Å². The summed E-state index contributed by atoms with van der Waals surface area (Å²) in [7, 11) is 0. The van der Waals surface area contributed by atoms with Gasteiger partial charge in [0.15, 0.2) is 5.82 Å². The van der Waals surface area contributed by atoms with Crippen molar-refractivity contribution in [2.24, 2.45) is 5.73 Å². The van der Waals surface area contributed by atoms with Crippen LogP contribution in [0.1, 0.15) is 45.1 Å². The van der Waals surface area contributed by atoms with E-state index in [9.17, 15) is 0 Å². The topological polar surface area (TPSA) is 69.1 Å². The summed E-state index contributed by atoms with van der Waals surface area (Å²) in [5.74, 6) is 1.41. The predicted molar refractivity (Wildman–Crippen MR) is 62.1 cm³/mol. The monoisotopic (exact) mass is 219 g/mol. The Bertz CT molecular complexity index is 507. The number of fused-ring (bicyclic) bond motifs is 1. The van der Waals surface area contributed by atoms with Crippen LogP contribution in [0, 0.1) is 0 Å². The van der Waals surface area contributed by atoms with E-state index in [0.29, 0.717) is 5.78 Å². The third-order valence-electron chi connectivity index (χ3n) is 2.41. The van der Waals surface area contributed by atoms with Crippen molar-refractivity contribution in [1.82, 2.24) is 19.6 Å². The second kappa shape index (κ2) is 3.52. The number of nitrogens with zero attached hydrogens (tertiary/aromatic N) is 4. The van der Waals surface area contributed by atoms with Crippen molar-refractivity contribution in [2.75, 3.05) is 0 Å². The van der Waals surface area contributed by atoms with E-state index < -0.39 is 0 Å². The van der Waals surface area contributed by atoms with E-state index in [0.717, 1.165) is 11.4 Å². The van der Waals surface area contributed by atoms with Gasteiger partial charge in [-0.05, 0) is 6.92 Å². The first kappa shape index (κ1) is 11.0. The summed E-state index contributed by atoms with van der Waals surface area (Å²) in [5, 5.41) is 4.41. The van der Waals surface area contributed by atoms with Gasteiger partial charge in [-0.2, -0.15) is 4.98 Å². The molecule has 86 valence electrons. The molecular formula is C11H17N5. The van der Waals surface area contributed by atoms with Crippen LogP contribution in [0.15, 0.2) is 12.4 Å². The van der Waals surface area contributed by atoms with Crippen molar-refractivity contribution in [2.45, 2.75) is 39.2 Å². The highest BCUT2D eigenvalue weighted by Crippen LogP contribution is 2.18. The largest absolute Gasteiger partial charge is 0.324 e. The quantitative estimate of drug-likeness (QED) is 0.788. The highest BCUT2D eigenvalue weighted by atomic mass is 15.3. The highest BCUT2D eigenvalue weighted by molar-refractivity contribution is 5.29. The van der Waals surface area contributed by atoms with Gasteiger partial charge in [0.05, 0.1) is 0 Å². The zero-order valence-corrected chi connectivity index (χ0v) is 10.1. The molecule has 2 aromatic heterocycles. The summed E-state index contributed by atoms with van der Waals surface area (Å²) in [6.45, 7) is 8.15. The van der Waals surface area contributed by atoms with Crippen LogP contribution in [0.4, 0.5) is 0 Å². The Kier molecular flexibility index (Phi) is 2.42. The van der Waals surface area contributed by atoms with Gasteiger partial charge in [-0.25, -0.2) is 9.50 Å². The molecule has 0 saturated heterocycles. The van der Waals surface area contributed by atoms with Crippen LogP contribution in [0.5, 0.6) is 0 Å². The molecule has 0 amide bonds. The van der Waals surface area contributed by atoms with Gasteiger partial charge in [-0.1, -0.05) is 20.8 Å². The fourth-order valence-electron chi connectivity index (χ4n) is 1.35. The molecule has 2 rings (SSSR count). The Labute approximate surface area is 94.7 Å². The van der Waals surface area contributed by atoms with Crippen molar-refractivity contribution in [1.29, 1.82) is 0 Å². The molecule has 1 atom stereocenters. The van der Waals surface area contributed by atoms with Crippen LogP contribution in [-0.2, 0) is 5.41 Å². The van der Waals surface area contributed by atoms with E-state index in [4.69, 9.17) is 5.73 Å². The fraction of sp³-hybridized carbons (Fsp3) is 0.545. The summed E-state index contributed by atoms with van der Waals surface area (Å²) in [5.41, 5.74) is 6.68. The first-order chi connectivity index (χ1) is 7.38. The van der Waals surface area contributed by atoms with Crippen LogP contribution in [0.25, 0.3) is 5.78 Å². The summed E-state index contributed by atoms with van der Waals surface area (Å²) < 4.78 is 1.69. The molecule has 0 aliphatic heterocycles. The van der Waals surface area contributed by atoms with Crippen LogP contribution in [0.3, 0.4) is 0 Å². The molecule has 0 fully saturated rings. The first-order valence-electron chi connectivity index (χ1n) is 5.36. The molecule has 0 spiro atoms. The van der Waals surface area contributed by atoms with E-state index >= 15 is 0 Å². The van der Waals surface area contributed by atoms with Crippen LogP contribution < -0.4 is 5.73 Å². The summed E-state index contributed by atoms with van der Waals surface area (Å²) in [6, 6.07) is -0.0424. The number of hydrogen-bond acceptors (Lipinski definition) is 4. The average molecular weight is 219 g/mol. The number of rotatable bonds is 1. The number of hydrogen-bond donors (Lipinski definition) is 1. The molecular weight excluding hydrogens is 202 g/mol. The van der Waals surface area contributed by atoms with Gasteiger partial charge < -0.3 is 5.73 Å². The second-order valence-electron chi connectivity index (χ2n) is 5.11. The average Bonchev–Trinajstić information content (AvgIpc) is 2.58. The molecule has 5 nitrogen and oxygen atoms in total. The van der Waals surface area contributed by atoms with Crippen molar-refractivity contribution in [3.8, 4) is 0 Å². The predicted octanol–water partition coefficient (Wildman–Crippen LogP) is 1.44. The molecule has 16 heavy (non-hydrogen) atoms. The molecule has 2 N–H and O–H groups in total. The van der Waals surface area contributed by atoms with Crippen LogP contribution >= 0.6 is 0 Å². The highest BCUT2D eigenvalue weighted by Gasteiger charge is 2.20. The Hall–Kier alpha value is -1.49. The van der Waals surface area contributed by atoms with Crippen LogP contribution in [-0.4, -0.2) is 19.6 Å². The SMILES string of the molecule is CC(N)c1cnc2nc(C(C)(C)C)nn2c1. The third-order valence-corrected chi connectivity index (χ3v) is 2.41. The lowest BCUT2D eigenvalue weighted by Crippen LogP contribution is -2.13. The maximum Gasteiger partial charge on any atom is 0.252 e. The molecule has 0 aromatic carbocycles. The molecule has 0 aliphatic carbocycles. The van der Waals surface area contributed by atoms with Crippen molar-refractivity contribution in [3.63, 3.8) is 0 Å². The molecule has 0 bridgehead atoms. The fourth-order valence-corrected chi connectivity index (χ4v) is 1.35. The third kappa shape index (κ3) is 1.90.